The fraction of sp³-hybridized carbons (Fsp3) is 0.500. The molecule has 1 saturated heterocycles. The number of benzene rings is 1. The molecule has 0 aliphatic carbocycles. The third-order valence-electron chi connectivity index (χ3n) is 3.90. The van der Waals surface area contributed by atoms with Crippen molar-refractivity contribution in [3.8, 4) is 5.75 Å². The molecule has 114 valence electrons. The van der Waals surface area contributed by atoms with Crippen LogP contribution in [0.1, 0.15) is 25.3 Å². The highest BCUT2D eigenvalue weighted by Crippen LogP contribution is 2.22. The van der Waals surface area contributed by atoms with Crippen LogP contribution < -0.4 is 4.74 Å². The molecule has 1 aliphatic rings. The number of piperidine rings is 1. The van der Waals surface area contributed by atoms with Crippen LogP contribution in [0.15, 0.2) is 24.3 Å². The van der Waals surface area contributed by atoms with Crippen LogP contribution in [-0.2, 0) is 9.59 Å². The molecule has 1 N–H and O–H groups in total. The summed E-state index contributed by atoms with van der Waals surface area (Å²) in [5.41, 5.74) is 1.07. The van der Waals surface area contributed by atoms with E-state index in [1.54, 1.807) is 11.0 Å². The van der Waals surface area contributed by atoms with Crippen LogP contribution in [0.25, 0.3) is 0 Å². The molecular weight excluding hydrogens is 270 g/mol. The Labute approximate surface area is 124 Å². The Morgan fingerprint density at radius 1 is 1.38 bits per heavy atom. The Balaban J connectivity index is 1.93. The number of rotatable bonds is 4. The molecule has 0 aromatic heterocycles. The van der Waals surface area contributed by atoms with Gasteiger partial charge in [0.15, 0.2) is 6.61 Å². The predicted molar refractivity (Wildman–Crippen MR) is 78.2 cm³/mol. The number of ether oxygens (including phenoxy) is 1. The second-order valence-corrected chi connectivity index (χ2v) is 5.61. The van der Waals surface area contributed by atoms with E-state index in [2.05, 4.69) is 0 Å². The van der Waals surface area contributed by atoms with Crippen LogP contribution >= 0.6 is 0 Å². The smallest absolute Gasteiger partial charge is 0.308 e. The number of carboxylic acid groups (broad SMARTS) is 1. The highest BCUT2D eigenvalue weighted by atomic mass is 16.5. The second-order valence-electron chi connectivity index (χ2n) is 5.61. The van der Waals surface area contributed by atoms with Gasteiger partial charge < -0.3 is 14.7 Å². The lowest BCUT2D eigenvalue weighted by molar-refractivity contribution is -0.147. The largest absolute Gasteiger partial charge is 0.484 e. The molecule has 1 aromatic carbocycles. The van der Waals surface area contributed by atoms with E-state index in [1.807, 2.05) is 32.0 Å². The van der Waals surface area contributed by atoms with Gasteiger partial charge >= 0.3 is 5.97 Å². The number of carbonyl (C=O) groups is 2. The van der Waals surface area contributed by atoms with Crippen LogP contribution in [0.2, 0.25) is 0 Å². The lowest BCUT2D eigenvalue weighted by atomic mass is 9.93. The van der Waals surface area contributed by atoms with Crippen molar-refractivity contribution in [3.63, 3.8) is 0 Å². The number of hydrogen-bond donors (Lipinski definition) is 1. The fourth-order valence-corrected chi connectivity index (χ4v) is 2.59. The lowest BCUT2D eigenvalue weighted by Gasteiger charge is -2.36. The van der Waals surface area contributed by atoms with E-state index in [0.29, 0.717) is 18.6 Å². The third-order valence-corrected chi connectivity index (χ3v) is 3.90. The molecular formula is C16H21NO4. The Kier molecular flexibility index (Phi) is 4.83. The van der Waals surface area contributed by atoms with Crippen molar-refractivity contribution in [1.82, 2.24) is 4.90 Å². The Bertz CT molecular complexity index is 529. The maximum Gasteiger partial charge on any atom is 0.308 e. The van der Waals surface area contributed by atoms with Gasteiger partial charge in [-0.25, -0.2) is 0 Å². The molecule has 5 nitrogen and oxygen atoms in total. The van der Waals surface area contributed by atoms with E-state index in [-0.39, 0.29) is 25.1 Å². The van der Waals surface area contributed by atoms with Gasteiger partial charge in [-0.3, -0.25) is 9.59 Å². The van der Waals surface area contributed by atoms with Crippen molar-refractivity contribution < 1.29 is 19.4 Å². The van der Waals surface area contributed by atoms with Crippen molar-refractivity contribution in [2.45, 2.75) is 32.7 Å². The summed E-state index contributed by atoms with van der Waals surface area (Å²) in [5, 5.41) is 9.09. The number of aryl methyl sites for hydroxylation is 1. The number of amides is 1. The van der Waals surface area contributed by atoms with Crippen LogP contribution in [0.3, 0.4) is 0 Å². The maximum atomic E-state index is 12.2. The molecule has 1 heterocycles. The summed E-state index contributed by atoms with van der Waals surface area (Å²) in [6.07, 6.45) is 1.34. The van der Waals surface area contributed by atoms with Gasteiger partial charge in [0.1, 0.15) is 5.75 Å². The summed E-state index contributed by atoms with van der Waals surface area (Å²) >= 11 is 0. The summed E-state index contributed by atoms with van der Waals surface area (Å²) in [6, 6.07) is 7.57. The van der Waals surface area contributed by atoms with Crippen LogP contribution in [-0.4, -0.2) is 41.1 Å². The topological polar surface area (TPSA) is 66.8 Å². The number of carboxylic acids is 1. The Morgan fingerprint density at radius 3 is 2.81 bits per heavy atom. The lowest BCUT2D eigenvalue weighted by Crippen LogP contribution is -2.49. The van der Waals surface area contributed by atoms with E-state index in [1.165, 1.54) is 0 Å². The van der Waals surface area contributed by atoms with E-state index in [0.717, 1.165) is 5.56 Å². The first kappa shape index (κ1) is 15.4. The summed E-state index contributed by atoms with van der Waals surface area (Å²) in [7, 11) is 0. The summed E-state index contributed by atoms with van der Waals surface area (Å²) in [6.45, 7) is 4.12. The highest BCUT2D eigenvalue weighted by molar-refractivity contribution is 5.79. The molecule has 5 heteroatoms. The SMILES string of the molecule is Cc1cccc(OCC(=O)N2CC(C(=O)O)CCC2C)c1. The zero-order chi connectivity index (χ0) is 15.4. The standard InChI is InChI=1S/C16H21NO4/c1-11-4-3-5-14(8-11)21-10-15(18)17-9-13(16(19)20)7-6-12(17)2/h3-5,8,12-13H,6-7,9-10H2,1-2H3,(H,19,20). The molecule has 2 unspecified atom stereocenters. The van der Waals surface area contributed by atoms with E-state index < -0.39 is 11.9 Å². The quantitative estimate of drug-likeness (QED) is 0.922. The van der Waals surface area contributed by atoms with Crippen LogP contribution in [0, 0.1) is 12.8 Å². The first-order valence-corrected chi connectivity index (χ1v) is 7.19. The van der Waals surface area contributed by atoms with Gasteiger partial charge in [-0.1, -0.05) is 12.1 Å². The first-order chi connectivity index (χ1) is 9.97. The van der Waals surface area contributed by atoms with Crippen molar-refractivity contribution in [3.05, 3.63) is 29.8 Å². The summed E-state index contributed by atoms with van der Waals surface area (Å²) in [4.78, 5) is 24.9. The van der Waals surface area contributed by atoms with E-state index in [4.69, 9.17) is 9.84 Å². The first-order valence-electron chi connectivity index (χ1n) is 7.19. The number of carbonyl (C=O) groups excluding carboxylic acids is 1. The van der Waals surface area contributed by atoms with Crippen LogP contribution in [0.4, 0.5) is 0 Å². The van der Waals surface area contributed by atoms with Crippen molar-refractivity contribution in [2.24, 2.45) is 5.92 Å². The Morgan fingerprint density at radius 2 is 2.14 bits per heavy atom. The molecule has 21 heavy (non-hydrogen) atoms. The van der Waals surface area contributed by atoms with Crippen molar-refractivity contribution in [1.29, 1.82) is 0 Å². The van der Waals surface area contributed by atoms with Gasteiger partial charge in [0.05, 0.1) is 5.92 Å². The Hall–Kier alpha value is -2.04. The molecule has 1 aliphatic heterocycles. The molecule has 2 atom stereocenters. The minimum atomic E-state index is -0.834. The average molecular weight is 291 g/mol. The second kappa shape index (κ2) is 6.61. The number of aliphatic carboxylic acids is 1. The van der Waals surface area contributed by atoms with Gasteiger partial charge in [-0.2, -0.15) is 0 Å². The van der Waals surface area contributed by atoms with E-state index in [9.17, 15) is 9.59 Å². The average Bonchev–Trinajstić information content (AvgIpc) is 2.45. The van der Waals surface area contributed by atoms with Crippen molar-refractivity contribution in [2.75, 3.05) is 13.2 Å². The van der Waals surface area contributed by atoms with Gasteiger partial charge in [0.2, 0.25) is 0 Å². The fourth-order valence-electron chi connectivity index (χ4n) is 2.59. The zero-order valence-electron chi connectivity index (χ0n) is 12.4. The molecule has 0 saturated carbocycles. The molecule has 1 aromatic rings. The third kappa shape index (κ3) is 3.97. The normalized spacial score (nSPS) is 21.9. The molecule has 1 fully saturated rings. The minimum Gasteiger partial charge on any atom is -0.484 e. The number of hydrogen-bond acceptors (Lipinski definition) is 3. The van der Waals surface area contributed by atoms with Crippen molar-refractivity contribution >= 4 is 11.9 Å². The molecule has 2 rings (SSSR count). The van der Waals surface area contributed by atoms with Gasteiger partial charge in [0, 0.05) is 12.6 Å². The maximum absolute atomic E-state index is 12.2. The van der Waals surface area contributed by atoms with Gasteiger partial charge in [0.25, 0.3) is 5.91 Å². The van der Waals surface area contributed by atoms with Gasteiger partial charge in [-0.15, -0.1) is 0 Å². The predicted octanol–water partition coefficient (Wildman–Crippen LogP) is 2.09. The number of nitrogens with zero attached hydrogens (tertiary/aromatic N) is 1. The molecule has 0 radical (unpaired) electrons. The van der Waals surface area contributed by atoms with E-state index >= 15 is 0 Å². The van der Waals surface area contributed by atoms with Gasteiger partial charge in [-0.05, 0) is 44.4 Å². The highest BCUT2D eigenvalue weighted by Gasteiger charge is 2.32. The van der Waals surface area contributed by atoms with Crippen LogP contribution in [0.5, 0.6) is 5.75 Å². The summed E-state index contributed by atoms with van der Waals surface area (Å²) in [5.74, 6) is -0.804. The monoisotopic (exact) mass is 291 g/mol. The number of likely N-dealkylation sites (tertiary alicyclic amines) is 1. The minimum absolute atomic E-state index is 0.0554. The molecule has 1 amide bonds. The summed E-state index contributed by atoms with van der Waals surface area (Å²) < 4.78 is 5.51. The molecule has 0 bridgehead atoms. The zero-order valence-corrected chi connectivity index (χ0v) is 12.4. The molecule has 0 spiro atoms.